The number of phenolic OH excluding ortho intramolecular Hbond substituents is 1. The van der Waals surface area contributed by atoms with Crippen molar-refractivity contribution in [1.82, 2.24) is 10.2 Å². The number of nitrogens with one attached hydrogen (secondary N) is 1. The molecule has 6 heteroatoms. The molecule has 1 aliphatic heterocycles. The predicted octanol–water partition coefficient (Wildman–Crippen LogP) is 3.50. The van der Waals surface area contributed by atoms with Gasteiger partial charge in [-0.05, 0) is 43.0 Å². The van der Waals surface area contributed by atoms with Crippen LogP contribution in [-0.2, 0) is 4.79 Å². The van der Waals surface area contributed by atoms with Gasteiger partial charge < -0.3 is 20.4 Å². The molecule has 1 heterocycles. The van der Waals surface area contributed by atoms with Gasteiger partial charge in [-0.1, -0.05) is 42.5 Å². The Hall–Kier alpha value is -3.02. The van der Waals surface area contributed by atoms with Crippen molar-refractivity contribution < 1.29 is 19.8 Å². The van der Waals surface area contributed by atoms with Crippen LogP contribution >= 0.6 is 0 Å². The fourth-order valence-corrected chi connectivity index (χ4v) is 3.63. The number of hydrogen-bond donors (Lipinski definition) is 3. The van der Waals surface area contributed by atoms with E-state index in [1.54, 1.807) is 24.3 Å². The second-order valence-electron chi connectivity index (χ2n) is 6.90. The number of phenols is 1. The predicted molar refractivity (Wildman–Crippen MR) is 102 cm³/mol. The number of rotatable bonds is 5. The molecule has 2 amide bonds. The Morgan fingerprint density at radius 3 is 2.37 bits per heavy atom. The summed E-state index contributed by atoms with van der Waals surface area (Å²) in [5.41, 5.74) is 1.68. The Balaban J connectivity index is 1.86. The summed E-state index contributed by atoms with van der Waals surface area (Å²) in [6.45, 7) is 2.29. The number of amides is 2. The molecular formula is C21H24N2O4. The molecule has 0 aromatic heterocycles. The van der Waals surface area contributed by atoms with E-state index >= 15 is 0 Å². The maximum atomic E-state index is 12.9. The molecule has 142 valence electrons. The van der Waals surface area contributed by atoms with Gasteiger partial charge in [-0.15, -0.1) is 0 Å². The number of likely N-dealkylation sites (tertiary alicyclic amines) is 1. The quantitative estimate of drug-likeness (QED) is 0.753. The summed E-state index contributed by atoms with van der Waals surface area (Å²) in [4.78, 5) is 25.9. The molecule has 6 nitrogen and oxygen atoms in total. The van der Waals surface area contributed by atoms with Gasteiger partial charge >= 0.3 is 6.09 Å². The average molecular weight is 368 g/mol. The first-order valence-corrected chi connectivity index (χ1v) is 9.11. The normalized spacial score (nSPS) is 18.7. The minimum atomic E-state index is -0.980. The van der Waals surface area contributed by atoms with Crippen LogP contribution in [0.4, 0.5) is 4.79 Å². The molecule has 0 saturated carbocycles. The summed E-state index contributed by atoms with van der Waals surface area (Å²) in [5, 5.41) is 22.1. The van der Waals surface area contributed by atoms with E-state index in [0.29, 0.717) is 13.0 Å². The Kier molecular flexibility index (Phi) is 5.64. The molecule has 1 aliphatic rings. The lowest BCUT2D eigenvalue weighted by molar-refractivity contribution is -0.123. The van der Waals surface area contributed by atoms with Gasteiger partial charge in [0.15, 0.2) is 0 Å². The SMILES string of the molecule is C[C@H](C(=O)N[C@H](c1ccc(O)cc1)C1CCCN1C(=O)O)c1ccccc1. The van der Waals surface area contributed by atoms with E-state index in [1.165, 1.54) is 4.90 Å². The highest BCUT2D eigenvalue weighted by molar-refractivity contribution is 5.83. The lowest BCUT2D eigenvalue weighted by atomic mass is 9.94. The molecule has 0 bridgehead atoms. The zero-order valence-corrected chi connectivity index (χ0v) is 15.2. The standard InChI is InChI=1S/C21H24N2O4/c1-14(15-6-3-2-4-7-15)20(25)22-19(16-9-11-17(24)12-10-16)18-8-5-13-23(18)21(26)27/h2-4,6-7,9-12,14,18-19,24H,5,8,13H2,1H3,(H,22,25)(H,26,27)/t14-,18?,19+/m0/s1. The summed E-state index contributed by atoms with van der Waals surface area (Å²) in [7, 11) is 0. The van der Waals surface area contributed by atoms with Crippen molar-refractivity contribution in [3.8, 4) is 5.75 Å². The molecule has 0 aliphatic carbocycles. The van der Waals surface area contributed by atoms with Crippen LogP contribution in [0.15, 0.2) is 54.6 Å². The monoisotopic (exact) mass is 368 g/mol. The first-order chi connectivity index (χ1) is 13.0. The number of benzene rings is 2. The minimum absolute atomic E-state index is 0.128. The Bertz CT molecular complexity index is 792. The van der Waals surface area contributed by atoms with Crippen LogP contribution in [0, 0.1) is 0 Å². The zero-order chi connectivity index (χ0) is 19.4. The van der Waals surface area contributed by atoms with Gasteiger partial charge in [0.2, 0.25) is 5.91 Å². The third kappa shape index (κ3) is 4.22. The summed E-state index contributed by atoms with van der Waals surface area (Å²) in [5.74, 6) is -0.384. The van der Waals surface area contributed by atoms with E-state index in [1.807, 2.05) is 37.3 Å². The number of carbonyl (C=O) groups is 2. The van der Waals surface area contributed by atoms with Crippen molar-refractivity contribution in [3.63, 3.8) is 0 Å². The Morgan fingerprint density at radius 2 is 1.74 bits per heavy atom. The topological polar surface area (TPSA) is 89.9 Å². The molecule has 27 heavy (non-hydrogen) atoms. The maximum absolute atomic E-state index is 12.9. The summed E-state index contributed by atoms with van der Waals surface area (Å²) >= 11 is 0. The van der Waals surface area contributed by atoms with Gasteiger partial charge in [0, 0.05) is 6.54 Å². The van der Waals surface area contributed by atoms with Crippen molar-refractivity contribution in [1.29, 1.82) is 0 Å². The lowest BCUT2D eigenvalue weighted by Crippen LogP contribution is -2.46. The highest BCUT2D eigenvalue weighted by Crippen LogP contribution is 2.31. The van der Waals surface area contributed by atoms with Crippen LogP contribution in [0.3, 0.4) is 0 Å². The first-order valence-electron chi connectivity index (χ1n) is 9.11. The maximum Gasteiger partial charge on any atom is 0.407 e. The third-order valence-corrected chi connectivity index (χ3v) is 5.17. The molecular weight excluding hydrogens is 344 g/mol. The van der Waals surface area contributed by atoms with Crippen LogP contribution in [0.25, 0.3) is 0 Å². The van der Waals surface area contributed by atoms with Gasteiger partial charge in [-0.3, -0.25) is 4.79 Å². The summed E-state index contributed by atoms with van der Waals surface area (Å²) in [6, 6.07) is 15.2. The number of carbonyl (C=O) groups excluding carboxylic acids is 1. The van der Waals surface area contributed by atoms with Gasteiger partial charge in [0.25, 0.3) is 0 Å². The van der Waals surface area contributed by atoms with Gasteiger partial charge in [0.1, 0.15) is 5.75 Å². The summed E-state index contributed by atoms with van der Waals surface area (Å²) < 4.78 is 0. The highest BCUT2D eigenvalue weighted by atomic mass is 16.4. The average Bonchev–Trinajstić information content (AvgIpc) is 3.16. The van der Waals surface area contributed by atoms with Gasteiger partial charge in [-0.2, -0.15) is 0 Å². The first kappa shape index (κ1) is 18.8. The van der Waals surface area contributed by atoms with Crippen molar-refractivity contribution in [2.45, 2.75) is 37.8 Å². The molecule has 3 atom stereocenters. The molecule has 1 saturated heterocycles. The van der Waals surface area contributed by atoms with Crippen molar-refractivity contribution in [2.75, 3.05) is 6.54 Å². The highest BCUT2D eigenvalue weighted by Gasteiger charge is 2.37. The van der Waals surface area contributed by atoms with Crippen molar-refractivity contribution >= 4 is 12.0 Å². The number of carboxylic acid groups (broad SMARTS) is 1. The van der Waals surface area contributed by atoms with E-state index in [-0.39, 0.29) is 23.6 Å². The molecule has 0 radical (unpaired) electrons. The molecule has 3 rings (SSSR count). The molecule has 1 fully saturated rings. The van der Waals surface area contributed by atoms with E-state index in [9.17, 15) is 19.8 Å². The summed E-state index contributed by atoms with van der Waals surface area (Å²) in [6.07, 6.45) is 0.458. The third-order valence-electron chi connectivity index (χ3n) is 5.17. The van der Waals surface area contributed by atoms with E-state index in [4.69, 9.17) is 0 Å². The van der Waals surface area contributed by atoms with E-state index < -0.39 is 12.1 Å². The second-order valence-corrected chi connectivity index (χ2v) is 6.90. The van der Waals surface area contributed by atoms with Crippen LogP contribution in [0.5, 0.6) is 5.75 Å². The zero-order valence-electron chi connectivity index (χ0n) is 15.2. The molecule has 2 aromatic rings. The fraction of sp³-hybridized carbons (Fsp3) is 0.333. The fourth-order valence-electron chi connectivity index (χ4n) is 3.63. The smallest absolute Gasteiger partial charge is 0.407 e. The van der Waals surface area contributed by atoms with Crippen molar-refractivity contribution in [2.24, 2.45) is 0 Å². The van der Waals surface area contributed by atoms with Crippen LogP contribution in [-0.4, -0.2) is 39.7 Å². The lowest BCUT2D eigenvalue weighted by Gasteiger charge is -2.32. The van der Waals surface area contributed by atoms with E-state index in [2.05, 4.69) is 5.32 Å². The molecule has 3 N–H and O–H groups in total. The van der Waals surface area contributed by atoms with Crippen LogP contribution in [0.2, 0.25) is 0 Å². The molecule has 0 spiro atoms. The van der Waals surface area contributed by atoms with Crippen molar-refractivity contribution in [3.05, 3.63) is 65.7 Å². The van der Waals surface area contributed by atoms with Crippen LogP contribution in [0.1, 0.15) is 42.9 Å². The largest absolute Gasteiger partial charge is 0.508 e. The number of aromatic hydroxyl groups is 1. The number of nitrogens with zero attached hydrogens (tertiary/aromatic N) is 1. The Morgan fingerprint density at radius 1 is 1.07 bits per heavy atom. The van der Waals surface area contributed by atoms with Gasteiger partial charge in [-0.25, -0.2) is 4.79 Å². The molecule has 1 unspecified atom stereocenters. The second kappa shape index (κ2) is 8.12. The number of hydrogen-bond acceptors (Lipinski definition) is 3. The van der Waals surface area contributed by atoms with Gasteiger partial charge in [0.05, 0.1) is 18.0 Å². The Labute approximate surface area is 158 Å². The van der Waals surface area contributed by atoms with Crippen LogP contribution < -0.4 is 5.32 Å². The molecule has 2 aromatic carbocycles. The minimum Gasteiger partial charge on any atom is -0.508 e. The van der Waals surface area contributed by atoms with E-state index in [0.717, 1.165) is 17.5 Å².